The van der Waals surface area contributed by atoms with Crippen LogP contribution in [-0.2, 0) is 28.5 Å². The third-order valence-electron chi connectivity index (χ3n) is 6.69. The molecule has 29 heavy (non-hydrogen) atoms. The highest BCUT2D eigenvalue weighted by molar-refractivity contribution is 5.76. The summed E-state index contributed by atoms with van der Waals surface area (Å²) in [6.45, 7) is 12.0. The van der Waals surface area contributed by atoms with Crippen LogP contribution in [0.5, 0.6) is 0 Å². The molecule has 1 unspecified atom stereocenters. The molecule has 2 aliphatic heterocycles. The van der Waals surface area contributed by atoms with E-state index in [0.29, 0.717) is 0 Å². The fraction of sp³-hybridized carbons (Fsp3) is 0.739. The Bertz CT molecular complexity index is 708. The normalized spacial score (nSPS) is 36.2. The Balaban J connectivity index is 1.89. The summed E-state index contributed by atoms with van der Waals surface area (Å²) in [6.07, 6.45) is 6.33. The molecule has 162 valence electrons. The van der Waals surface area contributed by atoms with E-state index in [1.54, 1.807) is 0 Å². The lowest BCUT2D eigenvalue weighted by Crippen LogP contribution is -2.30. The first-order valence-corrected chi connectivity index (χ1v) is 10.5. The van der Waals surface area contributed by atoms with Crippen molar-refractivity contribution in [3.8, 4) is 0 Å². The number of ether oxygens (including phenoxy) is 4. The second kappa shape index (κ2) is 8.23. The molecule has 2 heterocycles. The minimum absolute atomic E-state index is 0.130. The van der Waals surface area contributed by atoms with Crippen LogP contribution in [0, 0.1) is 11.8 Å². The highest BCUT2D eigenvalue weighted by Gasteiger charge is 2.53. The molecule has 3 aliphatic rings. The first kappa shape index (κ1) is 22.0. The average molecular weight is 407 g/mol. The molecule has 3 fully saturated rings. The van der Waals surface area contributed by atoms with Crippen LogP contribution < -0.4 is 0 Å². The number of methoxy groups -OCH3 is 1. The second-order valence-electron chi connectivity index (χ2n) is 9.27. The minimum Gasteiger partial charge on any atom is -0.469 e. The molecule has 1 saturated carbocycles. The SMILES string of the molecule is C=C1CC[C@@H]2O[C@@]2(C)CC[C@H](C(=CCC2OC2(C)C)COC(C)=O)[C@H]1C(=O)OC. The van der Waals surface area contributed by atoms with Gasteiger partial charge in [0.2, 0.25) is 0 Å². The van der Waals surface area contributed by atoms with Crippen molar-refractivity contribution in [3.63, 3.8) is 0 Å². The maximum absolute atomic E-state index is 12.8. The van der Waals surface area contributed by atoms with Crippen LogP contribution in [0.3, 0.4) is 0 Å². The van der Waals surface area contributed by atoms with Gasteiger partial charge in [0.15, 0.2) is 0 Å². The number of epoxide rings is 2. The molecule has 6 nitrogen and oxygen atoms in total. The van der Waals surface area contributed by atoms with Gasteiger partial charge >= 0.3 is 11.9 Å². The van der Waals surface area contributed by atoms with Gasteiger partial charge in [-0.3, -0.25) is 9.59 Å². The van der Waals surface area contributed by atoms with Crippen LogP contribution in [0.25, 0.3) is 0 Å². The predicted octanol–water partition coefficient (Wildman–Crippen LogP) is 3.74. The molecule has 0 aromatic heterocycles. The summed E-state index contributed by atoms with van der Waals surface area (Å²) in [5.41, 5.74) is 1.52. The van der Waals surface area contributed by atoms with E-state index in [1.165, 1.54) is 14.0 Å². The van der Waals surface area contributed by atoms with Crippen LogP contribution >= 0.6 is 0 Å². The molecule has 2 saturated heterocycles. The number of fused-ring (bicyclic) bond motifs is 1. The third-order valence-corrected chi connectivity index (χ3v) is 6.69. The molecule has 5 atom stereocenters. The van der Waals surface area contributed by atoms with E-state index < -0.39 is 5.92 Å². The summed E-state index contributed by atoms with van der Waals surface area (Å²) in [7, 11) is 1.41. The van der Waals surface area contributed by atoms with E-state index in [4.69, 9.17) is 18.9 Å². The van der Waals surface area contributed by atoms with Crippen molar-refractivity contribution in [1.29, 1.82) is 0 Å². The summed E-state index contributed by atoms with van der Waals surface area (Å²) in [5, 5.41) is 0. The van der Waals surface area contributed by atoms with E-state index in [2.05, 4.69) is 33.4 Å². The van der Waals surface area contributed by atoms with Gasteiger partial charge in [-0.05, 0) is 58.4 Å². The molecular weight excluding hydrogens is 372 g/mol. The van der Waals surface area contributed by atoms with Crippen LogP contribution in [0.4, 0.5) is 0 Å². The van der Waals surface area contributed by atoms with Crippen molar-refractivity contribution in [3.05, 3.63) is 23.8 Å². The molecule has 0 bridgehead atoms. The molecule has 3 rings (SSSR count). The van der Waals surface area contributed by atoms with E-state index in [0.717, 1.165) is 43.3 Å². The molecule has 0 amide bonds. The number of carbonyl (C=O) groups is 2. The zero-order chi connectivity index (χ0) is 21.4. The van der Waals surface area contributed by atoms with E-state index in [9.17, 15) is 9.59 Å². The van der Waals surface area contributed by atoms with E-state index in [-0.39, 0.29) is 47.9 Å². The molecular formula is C23H34O6. The number of hydrogen-bond donors (Lipinski definition) is 0. The highest BCUT2D eigenvalue weighted by atomic mass is 16.6. The van der Waals surface area contributed by atoms with Gasteiger partial charge in [-0.1, -0.05) is 18.2 Å². The summed E-state index contributed by atoms with van der Waals surface area (Å²) < 4.78 is 22.1. The monoisotopic (exact) mass is 406 g/mol. The number of carbonyl (C=O) groups excluding carboxylic acids is 2. The van der Waals surface area contributed by atoms with Crippen molar-refractivity contribution in [1.82, 2.24) is 0 Å². The molecule has 0 aromatic rings. The molecule has 0 spiro atoms. The molecule has 0 radical (unpaired) electrons. The Morgan fingerprint density at radius 2 is 1.93 bits per heavy atom. The Morgan fingerprint density at radius 1 is 1.24 bits per heavy atom. The Labute approximate surface area is 173 Å². The van der Waals surface area contributed by atoms with Crippen LogP contribution in [0.2, 0.25) is 0 Å². The topological polar surface area (TPSA) is 77.7 Å². The van der Waals surface area contributed by atoms with Gasteiger partial charge in [0.05, 0.1) is 36.4 Å². The highest BCUT2D eigenvalue weighted by Crippen LogP contribution is 2.48. The fourth-order valence-electron chi connectivity index (χ4n) is 4.52. The largest absolute Gasteiger partial charge is 0.469 e. The quantitative estimate of drug-likeness (QED) is 0.380. The maximum atomic E-state index is 12.8. The average Bonchev–Trinajstić information content (AvgIpc) is 3.49. The van der Waals surface area contributed by atoms with Crippen LogP contribution in [-0.4, -0.2) is 49.1 Å². The van der Waals surface area contributed by atoms with Crippen molar-refractivity contribution < 1.29 is 28.5 Å². The summed E-state index contributed by atoms with van der Waals surface area (Å²) in [6, 6.07) is 0. The zero-order valence-electron chi connectivity index (χ0n) is 18.3. The molecule has 1 aliphatic carbocycles. The molecule has 0 N–H and O–H groups in total. The zero-order valence-corrected chi connectivity index (χ0v) is 18.3. The molecule has 0 aromatic carbocycles. The maximum Gasteiger partial charge on any atom is 0.313 e. The van der Waals surface area contributed by atoms with Gasteiger partial charge in [-0.2, -0.15) is 0 Å². The van der Waals surface area contributed by atoms with Gasteiger partial charge < -0.3 is 18.9 Å². The van der Waals surface area contributed by atoms with Crippen molar-refractivity contribution in [2.24, 2.45) is 11.8 Å². The smallest absolute Gasteiger partial charge is 0.313 e. The second-order valence-corrected chi connectivity index (χ2v) is 9.27. The Morgan fingerprint density at radius 3 is 2.52 bits per heavy atom. The van der Waals surface area contributed by atoms with Crippen LogP contribution in [0.1, 0.15) is 59.8 Å². The van der Waals surface area contributed by atoms with E-state index in [1.807, 2.05) is 0 Å². The van der Waals surface area contributed by atoms with Gasteiger partial charge in [0, 0.05) is 12.8 Å². The number of rotatable bonds is 6. The first-order valence-electron chi connectivity index (χ1n) is 10.5. The van der Waals surface area contributed by atoms with Gasteiger partial charge in [-0.25, -0.2) is 0 Å². The standard InChI is InChI=1S/C23H34O6/c1-14-7-9-19-23(5,29-19)12-11-17(20(14)21(25)26-6)16(13-27-15(2)24)8-10-18-22(3,4)28-18/h8,17-20H,1,7,9-13H2,2-6H3/t17-,18?,19+,20+,23+/m1/s1. The number of hydrogen-bond acceptors (Lipinski definition) is 6. The lowest BCUT2D eigenvalue weighted by atomic mass is 9.77. The van der Waals surface area contributed by atoms with E-state index >= 15 is 0 Å². The van der Waals surface area contributed by atoms with Gasteiger partial charge in [0.25, 0.3) is 0 Å². The first-order chi connectivity index (χ1) is 13.6. The van der Waals surface area contributed by atoms with Gasteiger partial charge in [0.1, 0.15) is 6.61 Å². The van der Waals surface area contributed by atoms with Crippen molar-refractivity contribution in [2.75, 3.05) is 13.7 Å². The summed E-state index contributed by atoms with van der Waals surface area (Å²) in [5.74, 6) is -1.21. The predicted molar refractivity (Wildman–Crippen MR) is 108 cm³/mol. The lowest BCUT2D eigenvalue weighted by molar-refractivity contribution is -0.145. The third kappa shape index (κ3) is 5.10. The van der Waals surface area contributed by atoms with Crippen molar-refractivity contribution >= 4 is 11.9 Å². The summed E-state index contributed by atoms with van der Waals surface area (Å²) >= 11 is 0. The summed E-state index contributed by atoms with van der Waals surface area (Å²) in [4.78, 5) is 24.3. The Hall–Kier alpha value is -1.66. The molecule has 6 heteroatoms. The van der Waals surface area contributed by atoms with Crippen LogP contribution in [0.15, 0.2) is 23.8 Å². The Kier molecular flexibility index (Phi) is 6.25. The lowest BCUT2D eigenvalue weighted by Gasteiger charge is -2.29. The fourth-order valence-corrected chi connectivity index (χ4v) is 4.52. The number of esters is 2. The minimum atomic E-state index is -0.448. The van der Waals surface area contributed by atoms with Crippen molar-refractivity contribution in [2.45, 2.75) is 83.2 Å². The van der Waals surface area contributed by atoms with Gasteiger partial charge in [-0.15, -0.1) is 0 Å².